The fourth-order valence-corrected chi connectivity index (χ4v) is 2.91. The van der Waals surface area contributed by atoms with E-state index in [1.807, 2.05) is 27.7 Å². The van der Waals surface area contributed by atoms with Gasteiger partial charge in [-0.1, -0.05) is 31.9 Å². The fraction of sp³-hybridized carbons (Fsp3) is 0.889. The third-order valence-electron chi connectivity index (χ3n) is 2.41. The minimum atomic E-state index is -0.190. The number of rotatable bonds is 0. The summed E-state index contributed by atoms with van der Waals surface area (Å²) >= 11 is 6.85. The lowest BCUT2D eigenvalue weighted by Crippen LogP contribution is -3.00. The van der Waals surface area contributed by atoms with Crippen LogP contribution in [0.3, 0.4) is 0 Å². The summed E-state index contributed by atoms with van der Waals surface area (Å²) in [6.07, 6.45) is 0. The molecule has 0 amide bonds. The molecule has 14 heavy (non-hydrogen) atoms. The zero-order valence-corrected chi connectivity index (χ0v) is 13.5. The molecule has 0 aliphatic carbocycles. The van der Waals surface area contributed by atoms with Gasteiger partial charge in [-0.25, -0.2) is 0 Å². The fourth-order valence-electron chi connectivity index (χ4n) is 1.80. The van der Waals surface area contributed by atoms with Crippen molar-refractivity contribution in [1.82, 2.24) is 5.32 Å². The van der Waals surface area contributed by atoms with Gasteiger partial charge in [0.1, 0.15) is 0 Å². The molecule has 1 N–H and O–H groups in total. The summed E-state index contributed by atoms with van der Waals surface area (Å²) in [4.78, 5) is 11.6. The van der Waals surface area contributed by atoms with Crippen LogP contribution in [0.2, 0.25) is 0 Å². The largest absolute Gasteiger partial charge is 1.00 e. The molecule has 2 atom stereocenters. The van der Waals surface area contributed by atoms with Crippen molar-refractivity contribution >= 4 is 37.6 Å². The Labute approximate surface area is 114 Å². The van der Waals surface area contributed by atoms with Gasteiger partial charge in [-0.3, -0.25) is 4.79 Å². The Kier molecular flexibility index (Phi) is 4.86. The van der Waals surface area contributed by atoms with Crippen molar-refractivity contribution in [3.63, 3.8) is 0 Å². The minimum absolute atomic E-state index is 0. The zero-order valence-electron chi connectivity index (χ0n) is 9.70. The van der Waals surface area contributed by atoms with Crippen LogP contribution in [0.25, 0.3) is 0 Å². The first-order chi connectivity index (χ1) is 5.68. The van der Waals surface area contributed by atoms with Gasteiger partial charge in [0, 0.05) is 11.1 Å². The van der Waals surface area contributed by atoms with Gasteiger partial charge in [0.2, 0.25) is 0 Å². The van der Waals surface area contributed by atoms with E-state index in [2.05, 4.69) is 37.2 Å². The number of carbonyl (C=O) groups is 1. The van der Waals surface area contributed by atoms with Crippen LogP contribution in [0.1, 0.15) is 29.1 Å². The van der Waals surface area contributed by atoms with E-state index in [1.165, 1.54) is 0 Å². The predicted octanol–water partition coefficient (Wildman–Crippen LogP) is -0.641. The predicted molar refractivity (Wildman–Crippen MR) is 62.8 cm³/mol. The molecule has 0 aromatic carbocycles. The molecule has 1 aliphatic rings. The molecule has 84 valence electrons. The number of piperidine rings is 1. The average molecular weight is 394 g/mol. The molecular weight excluding hydrogens is 378 g/mol. The first-order valence-electron chi connectivity index (χ1n) is 4.30. The summed E-state index contributed by atoms with van der Waals surface area (Å²) in [5.74, 6) is 0.216. The van der Waals surface area contributed by atoms with Gasteiger partial charge >= 0.3 is 1.43 Å². The van der Waals surface area contributed by atoms with Crippen molar-refractivity contribution in [2.75, 3.05) is 0 Å². The van der Waals surface area contributed by atoms with Gasteiger partial charge in [0.25, 0.3) is 0 Å². The van der Waals surface area contributed by atoms with Crippen LogP contribution in [0.5, 0.6) is 0 Å². The second kappa shape index (κ2) is 4.52. The third kappa shape index (κ3) is 2.60. The number of halogens is 3. The smallest absolute Gasteiger partial charge is 1.00 e. The monoisotopic (exact) mass is 391 g/mol. The Morgan fingerprint density at radius 2 is 1.43 bits per heavy atom. The highest BCUT2D eigenvalue weighted by molar-refractivity contribution is 9.10. The Morgan fingerprint density at radius 3 is 1.71 bits per heavy atom. The molecule has 1 aliphatic heterocycles. The number of alkyl halides is 2. The van der Waals surface area contributed by atoms with E-state index < -0.39 is 0 Å². The van der Waals surface area contributed by atoms with Gasteiger partial charge in [0.05, 0.1) is 9.65 Å². The molecule has 1 saturated heterocycles. The molecule has 0 bridgehead atoms. The number of carbonyl (C=O) groups excluding carboxylic acids is 1. The zero-order chi connectivity index (χ0) is 10.4. The highest BCUT2D eigenvalue weighted by Gasteiger charge is 2.49. The van der Waals surface area contributed by atoms with Gasteiger partial charge in [0.15, 0.2) is 5.78 Å². The molecule has 0 radical (unpaired) electrons. The van der Waals surface area contributed by atoms with E-state index in [4.69, 9.17) is 0 Å². The molecule has 0 saturated carbocycles. The highest BCUT2D eigenvalue weighted by atomic mass is 79.9. The Bertz CT molecular complexity index is 224. The first-order valence-corrected chi connectivity index (χ1v) is 6.13. The summed E-state index contributed by atoms with van der Waals surface area (Å²) in [5, 5.41) is 3.45. The average Bonchev–Trinajstić information content (AvgIpc) is 1.96. The van der Waals surface area contributed by atoms with E-state index in [0.717, 1.165) is 0 Å². The van der Waals surface area contributed by atoms with Gasteiger partial charge in [-0.15, -0.1) is 0 Å². The quantitative estimate of drug-likeness (QED) is 0.555. The lowest BCUT2D eigenvalue weighted by atomic mass is 9.82. The maximum Gasteiger partial charge on any atom is 1.00 e. The van der Waals surface area contributed by atoms with Crippen molar-refractivity contribution in [3.8, 4) is 0 Å². The number of nitrogens with one attached hydrogen (secondary N) is 1. The molecule has 0 spiro atoms. The van der Waals surface area contributed by atoms with Crippen molar-refractivity contribution < 1.29 is 23.2 Å². The lowest BCUT2D eigenvalue weighted by Gasteiger charge is -2.47. The van der Waals surface area contributed by atoms with Crippen LogP contribution >= 0.6 is 31.9 Å². The van der Waals surface area contributed by atoms with Crippen LogP contribution in [-0.4, -0.2) is 26.5 Å². The second-order valence-corrected chi connectivity index (χ2v) is 6.53. The molecule has 1 heterocycles. The maximum atomic E-state index is 11.8. The van der Waals surface area contributed by atoms with Crippen molar-refractivity contribution in [3.05, 3.63) is 0 Å². The normalized spacial score (nSPS) is 34.9. The SMILES string of the molecule is CC1(C)NC(C)(C)C(Br)C(=O)C1Br.[Br-].[H+]. The van der Waals surface area contributed by atoms with Gasteiger partial charge in [-0.05, 0) is 27.7 Å². The highest BCUT2D eigenvalue weighted by Crippen LogP contribution is 2.34. The van der Waals surface area contributed by atoms with E-state index in [1.54, 1.807) is 0 Å². The van der Waals surface area contributed by atoms with Crippen molar-refractivity contribution in [1.29, 1.82) is 0 Å². The topological polar surface area (TPSA) is 29.1 Å². The minimum Gasteiger partial charge on any atom is -1.00 e. The van der Waals surface area contributed by atoms with E-state index in [-0.39, 0.29) is 44.9 Å². The summed E-state index contributed by atoms with van der Waals surface area (Å²) in [5.41, 5.74) is -0.379. The molecule has 5 heteroatoms. The number of hydrogen-bond acceptors (Lipinski definition) is 2. The second-order valence-electron chi connectivity index (χ2n) is 4.70. The molecule has 1 fully saturated rings. The summed E-state index contributed by atoms with van der Waals surface area (Å²) in [7, 11) is 0. The van der Waals surface area contributed by atoms with Crippen LogP contribution in [0.15, 0.2) is 0 Å². The number of Topliss-reactive ketones (excluding diaryl/α,β-unsaturated/α-hetero) is 1. The van der Waals surface area contributed by atoms with E-state index in [9.17, 15) is 4.79 Å². The van der Waals surface area contributed by atoms with E-state index in [0.29, 0.717) is 0 Å². The van der Waals surface area contributed by atoms with Crippen LogP contribution in [0.4, 0.5) is 0 Å². The molecule has 2 nitrogen and oxygen atoms in total. The Balaban J connectivity index is 0. The van der Waals surface area contributed by atoms with Crippen LogP contribution in [-0.2, 0) is 4.79 Å². The van der Waals surface area contributed by atoms with Crippen molar-refractivity contribution in [2.45, 2.75) is 48.4 Å². The number of hydrogen-bond donors (Lipinski definition) is 1. The Hall–Kier alpha value is 1.07. The summed E-state index contributed by atoms with van der Waals surface area (Å²) in [6.45, 7) is 8.13. The molecule has 0 aromatic rings. The molecule has 0 aromatic heterocycles. The molecule has 2 unspecified atom stereocenters. The van der Waals surface area contributed by atoms with Gasteiger partial charge in [-0.2, -0.15) is 0 Å². The molecule has 1 rings (SSSR count). The molecular formula is C9H16Br3NO. The maximum absolute atomic E-state index is 11.8. The van der Waals surface area contributed by atoms with Crippen LogP contribution in [0, 0.1) is 0 Å². The van der Waals surface area contributed by atoms with Crippen molar-refractivity contribution in [2.24, 2.45) is 0 Å². The Morgan fingerprint density at radius 1 is 1.14 bits per heavy atom. The number of ketones is 1. The standard InChI is InChI=1S/C9H15Br2NO.BrH/c1-8(2)6(10)5(13)7(11)9(3,4)12-8;/h6-7,12H,1-4H3;1H. The van der Waals surface area contributed by atoms with E-state index >= 15 is 0 Å². The summed E-state index contributed by atoms with van der Waals surface area (Å²) in [6, 6.07) is 0. The summed E-state index contributed by atoms with van der Waals surface area (Å²) < 4.78 is 0. The first kappa shape index (κ1) is 15.1. The third-order valence-corrected chi connectivity index (χ3v) is 5.60. The van der Waals surface area contributed by atoms with Crippen LogP contribution < -0.4 is 22.3 Å². The van der Waals surface area contributed by atoms with Gasteiger partial charge < -0.3 is 22.3 Å². The lowest BCUT2D eigenvalue weighted by molar-refractivity contribution is -0.122.